The predicted octanol–water partition coefficient (Wildman–Crippen LogP) is 10.7. The topological polar surface area (TPSA) is 64.6 Å². The number of hydrogen-bond acceptors (Lipinski definition) is 7. The summed E-state index contributed by atoms with van der Waals surface area (Å²) in [4.78, 5) is 0. The van der Waals surface area contributed by atoms with E-state index in [-0.39, 0.29) is 17.1 Å². The van der Waals surface area contributed by atoms with Crippen molar-refractivity contribution in [2.45, 2.75) is 149 Å². The van der Waals surface area contributed by atoms with Gasteiger partial charge in [0.2, 0.25) is 0 Å². The average Bonchev–Trinajstić information content (AvgIpc) is 3.13. The van der Waals surface area contributed by atoms with Crippen molar-refractivity contribution in [1.29, 1.82) is 0 Å². The van der Waals surface area contributed by atoms with E-state index in [2.05, 4.69) is 115 Å². The molecule has 0 N–H and O–H groups in total. The van der Waals surface area contributed by atoms with Gasteiger partial charge in [0, 0.05) is 16.7 Å². The van der Waals surface area contributed by atoms with Gasteiger partial charge in [0.25, 0.3) is 0 Å². The average molecular weight is 771 g/mol. The van der Waals surface area contributed by atoms with E-state index in [9.17, 15) is 0 Å². The molecule has 6 rings (SSSR count). The predicted molar refractivity (Wildman–Crippen MR) is 221 cm³/mol. The van der Waals surface area contributed by atoms with Crippen LogP contribution in [-0.4, -0.2) is 57.8 Å². The maximum Gasteiger partial charge on any atom is 0.192 e. The van der Waals surface area contributed by atoms with Gasteiger partial charge >= 0.3 is 0 Å². The highest BCUT2D eigenvalue weighted by Gasteiger charge is 2.68. The lowest BCUT2D eigenvalue weighted by Crippen LogP contribution is -2.74. The minimum absolute atomic E-state index is 0.0675. The summed E-state index contributed by atoms with van der Waals surface area (Å²) < 4.78 is 49.4. The Morgan fingerprint density at radius 2 is 1.24 bits per heavy atom. The summed E-state index contributed by atoms with van der Waals surface area (Å²) in [5.41, 5.74) is 3.14. The largest absolute Gasteiger partial charge is 0.497 e. The van der Waals surface area contributed by atoms with Crippen LogP contribution < -0.4 is 4.74 Å². The third-order valence-corrected chi connectivity index (χ3v) is 17.5. The molecule has 1 heterocycles. The molecular formula is C47H66O7Si. The Bertz CT molecular complexity index is 1720. The van der Waals surface area contributed by atoms with Crippen LogP contribution in [0.4, 0.5) is 0 Å². The van der Waals surface area contributed by atoms with Gasteiger partial charge in [-0.2, -0.15) is 0 Å². The van der Waals surface area contributed by atoms with Crippen LogP contribution >= 0.6 is 0 Å². The molecule has 7 nitrogen and oxygen atoms in total. The lowest BCUT2D eigenvalue weighted by atomic mass is 9.53. The maximum absolute atomic E-state index is 7.75. The lowest BCUT2D eigenvalue weighted by molar-refractivity contribution is -0.391. The van der Waals surface area contributed by atoms with Crippen LogP contribution in [0.2, 0.25) is 18.1 Å². The van der Waals surface area contributed by atoms with Gasteiger partial charge in [0.1, 0.15) is 11.9 Å². The number of benzene rings is 3. The van der Waals surface area contributed by atoms with Crippen molar-refractivity contribution in [3.8, 4) is 5.75 Å². The molecule has 2 saturated carbocycles. The molecule has 0 radical (unpaired) electrons. The first-order chi connectivity index (χ1) is 25.9. The Kier molecular flexibility index (Phi) is 12.3. The van der Waals surface area contributed by atoms with E-state index in [1.807, 2.05) is 38.1 Å². The Morgan fingerprint density at radius 1 is 0.709 bits per heavy atom. The summed E-state index contributed by atoms with van der Waals surface area (Å²) in [6.45, 7) is 28.6. The standard InChI is InChI=1S/C47H66O7Si/c1-32-23-28-37-47(9)38(32)39(49-29-33-19-15-13-16-20-33)41(51-31-35-24-26-36(48-10)27-25-35)45(5,6)42(54-55(11,12)44(2,3)4)40(43(47)53-46(7,8)52-37)50-30-34-21-17-14-18-22-34/h13-22,24-27,37-43H,1,23,28-31H2,2-12H3/t37-,38-,39-,40+,41-,42-,43-,47+/m0/s1. The lowest BCUT2D eigenvalue weighted by Gasteiger charge is -2.65. The fraction of sp³-hybridized carbons (Fsp3) is 0.574. The Labute approximate surface area is 332 Å². The van der Waals surface area contributed by atoms with Crippen molar-refractivity contribution in [2.75, 3.05) is 7.11 Å². The first-order valence-electron chi connectivity index (χ1n) is 20.1. The van der Waals surface area contributed by atoms with Gasteiger partial charge in [-0.3, -0.25) is 0 Å². The quantitative estimate of drug-likeness (QED) is 0.134. The summed E-state index contributed by atoms with van der Waals surface area (Å²) in [5, 5.41) is -0.0675. The minimum Gasteiger partial charge on any atom is -0.497 e. The molecule has 0 amide bonds. The highest BCUT2D eigenvalue weighted by atomic mass is 28.4. The van der Waals surface area contributed by atoms with Crippen LogP contribution in [-0.2, 0) is 47.9 Å². The molecule has 2 aliphatic carbocycles. The van der Waals surface area contributed by atoms with Crippen LogP contribution in [0.3, 0.4) is 0 Å². The Balaban J connectivity index is 1.56. The summed E-state index contributed by atoms with van der Waals surface area (Å²) in [5.74, 6) is -0.209. The van der Waals surface area contributed by atoms with Crippen LogP contribution in [0.5, 0.6) is 5.75 Å². The smallest absolute Gasteiger partial charge is 0.192 e. The van der Waals surface area contributed by atoms with Gasteiger partial charge in [-0.25, -0.2) is 0 Å². The normalized spacial score (nSPS) is 30.5. The number of ether oxygens (including phenoxy) is 6. The fourth-order valence-corrected chi connectivity index (χ4v) is 10.4. The molecule has 55 heavy (non-hydrogen) atoms. The van der Waals surface area contributed by atoms with Crippen molar-refractivity contribution >= 4 is 8.32 Å². The van der Waals surface area contributed by atoms with Crippen LogP contribution in [0.15, 0.2) is 97.1 Å². The van der Waals surface area contributed by atoms with Crippen molar-refractivity contribution in [3.05, 3.63) is 114 Å². The minimum atomic E-state index is -2.44. The molecule has 1 saturated heterocycles. The zero-order valence-electron chi connectivity index (χ0n) is 35.2. The van der Waals surface area contributed by atoms with E-state index in [1.54, 1.807) is 7.11 Å². The highest BCUT2D eigenvalue weighted by molar-refractivity contribution is 6.74. The SMILES string of the molecule is C=C1CC[C@@H]2OC(C)(C)O[C@H]3[C@H](OCc4ccccc4)[C@H](O[Si](C)(C)C(C)(C)C)C(C)(C)[C@@H](OCc4ccc(OC)cc4)[C@@H](OCc4ccccc4)[C@H]1[C@@]23C. The Morgan fingerprint density at radius 3 is 1.78 bits per heavy atom. The third kappa shape index (κ3) is 8.71. The van der Waals surface area contributed by atoms with E-state index in [0.29, 0.717) is 19.8 Å². The molecule has 0 bridgehead atoms. The molecule has 8 heteroatoms. The second kappa shape index (κ2) is 16.2. The van der Waals surface area contributed by atoms with Gasteiger partial charge in [-0.1, -0.05) is 126 Å². The van der Waals surface area contributed by atoms with Crippen molar-refractivity contribution in [2.24, 2.45) is 16.7 Å². The zero-order valence-corrected chi connectivity index (χ0v) is 36.2. The summed E-state index contributed by atoms with van der Waals surface area (Å²) >= 11 is 0. The van der Waals surface area contributed by atoms with Gasteiger partial charge in [0.05, 0.1) is 57.5 Å². The first kappa shape index (κ1) is 41.8. The summed E-state index contributed by atoms with van der Waals surface area (Å²) in [6.07, 6.45) is -0.659. The Hall–Kier alpha value is -2.82. The molecule has 3 aliphatic rings. The fourth-order valence-electron chi connectivity index (χ4n) is 8.94. The third-order valence-electron chi connectivity index (χ3n) is 13.1. The first-order valence-corrected chi connectivity index (χ1v) is 23.0. The molecule has 3 aromatic rings. The molecule has 3 fully saturated rings. The molecular weight excluding hydrogens is 705 g/mol. The number of rotatable bonds is 12. The molecule has 0 spiro atoms. The van der Waals surface area contributed by atoms with Gasteiger partial charge < -0.3 is 32.8 Å². The molecule has 8 atom stereocenters. The molecule has 0 aromatic heterocycles. The van der Waals surface area contributed by atoms with Crippen molar-refractivity contribution < 1.29 is 32.8 Å². The van der Waals surface area contributed by atoms with Crippen LogP contribution in [0.1, 0.15) is 84.9 Å². The van der Waals surface area contributed by atoms with Gasteiger partial charge in [-0.15, -0.1) is 0 Å². The van der Waals surface area contributed by atoms with Crippen molar-refractivity contribution in [1.82, 2.24) is 0 Å². The molecule has 1 aliphatic heterocycles. The summed E-state index contributed by atoms with van der Waals surface area (Å²) in [6, 6.07) is 28.9. The number of methoxy groups -OCH3 is 1. The van der Waals surface area contributed by atoms with Crippen LogP contribution in [0.25, 0.3) is 0 Å². The second-order valence-electron chi connectivity index (χ2n) is 18.8. The van der Waals surface area contributed by atoms with Crippen molar-refractivity contribution in [3.63, 3.8) is 0 Å². The van der Waals surface area contributed by atoms with E-state index in [1.165, 1.54) is 0 Å². The van der Waals surface area contributed by atoms with Gasteiger partial charge in [0.15, 0.2) is 14.1 Å². The van der Waals surface area contributed by atoms with E-state index >= 15 is 0 Å². The van der Waals surface area contributed by atoms with E-state index in [0.717, 1.165) is 40.9 Å². The van der Waals surface area contributed by atoms with Gasteiger partial charge in [-0.05, 0) is 73.6 Å². The molecule has 3 aromatic carbocycles. The highest BCUT2D eigenvalue weighted by Crippen LogP contribution is 2.60. The van der Waals surface area contributed by atoms with E-state index in [4.69, 9.17) is 39.4 Å². The number of hydrogen-bond donors (Lipinski definition) is 0. The monoisotopic (exact) mass is 770 g/mol. The molecule has 0 unspecified atom stereocenters. The summed E-state index contributed by atoms with van der Waals surface area (Å²) in [7, 11) is -0.755. The maximum atomic E-state index is 7.75. The molecule has 300 valence electrons. The van der Waals surface area contributed by atoms with Crippen LogP contribution in [0, 0.1) is 16.7 Å². The van der Waals surface area contributed by atoms with E-state index < -0.39 is 55.5 Å². The zero-order chi connectivity index (χ0) is 39.8. The second-order valence-corrected chi connectivity index (χ2v) is 23.6.